The summed E-state index contributed by atoms with van der Waals surface area (Å²) in [6.45, 7) is 3.44. The summed E-state index contributed by atoms with van der Waals surface area (Å²) in [5, 5.41) is 47.4. The molecule has 0 aliphatic heterocycles. The zero-order valence-electron chi connectivity index (χ0n) is 59.2. The largest absolute Gasteiger partial charge is 0.508 e. The lowest BCUT2D eigenvalue weighted by atomic mass is 9.74. The van der Waals surface area contributed by atoms with Gasteiger partial charge in [0.15, 0.2) is 0 Å². The van der Waals surface area contributed by atoms with Crippen LogP contribution >= 0.6 is 0 Å². The van der Waals surface area contributed by atoms with Crippen LogP contribution in [0.3, 0.4) is 0 Å². The number of carbonyl (C=O) groups is 7. The van der Waals surface area contributed by atoms with Crippen LogP contribution in [0.4, 0.5) is 4.79 Å². The molecule has 546 valence electrons. The molecule has 0 spiro atoms. The van der Waals surface area contributed by atoms with Crippen molar-refractivity contribution >= 4 is 42.0 Å². The van der Waals surface area contributed by atoms with Crippen molar-refractivity contribution in [3.05, 3.63) is 0 Å². The minimum absolute atomic E-state index is 0.00359. The Morgan fingerprint density at radius 2 is 0.581 bits per heavy atom. The Balaban J connectivity index is 5.51. The van der Waals surface area contributed by atoms with Gasteiger partial charge in [-0.2, -0.15) is 0 Å². The first-order valence-electron chi connectivity index (χ1n) is 37.5. The minimum atomic E-state index is -1.58. The fraction of sp³-hybridized carbons (Fsp3) is 0.904. The van der Waals surface area contributed by atoms with E-state index < -0.39 is 80.6 Å². The number of rotatable bonds is 74. The van der Waals surface area contributed by atoms with Gasteiger partial charge in [-0.3, -0.25) is 43.5 Å². The smallest absolute Gasteiger partial charge is 0.480 e. The predicted octanol–water partition coefficient (Wildman–Crippen LogP) is 16.4. The van der Waals surface area contributed by atoms with E-state index in [0.717, 1.165) is 48.3 Å². The standard InChI is InChI=1S/C73H137N3O17/c1-4-7-10-13-16-19-22-25-28-31-34-37-40-43-46-73(47-44-41-38-35-32-29-26-23-20-17-14-11-8-5-2,48-45-42-39-36-33-30-27-24-21-18-15-12-9-6-3)64-93-72(88)92-58-56-90-54-53-89-55-57-91-70(85)59-65(71(86)87)76(51-49-74(60-66(77)78)61-67(79)80)52-50-75(62-68(81)82)63-69(83)84/h65H,4-64H2,1-3H3,(H,77,78)(H,79,80)(H,81,82)(H,83,84)(H,86,87). The molecule has 0 saturated carbocycles. The molecule has 0 radical (unpaired) electrons. The van der Waals surface area contributed by atoms with Crippen LogP contribution in [0, 0.1) is 5.41 Å². The van der Waals surface area contributed by atoms with E-state index in [2.05, 4.69) is 20.8 Å². The molecule has 0 aromatic carbocycles. The molecular weight excluding hydrogens is 1190 g/mol. The molecule has 0 aromatic heterocycles. The van der Waals surface area contributed by atoms with Crippen LogP contribution < -0.4 is 0 Å². The van der Waals surface area contributed by atoms with Crippen molar-refractivity contribution in [2.24, 2.45) is 5.41 Å². The maximum Gasteiger partial charge on any atom is 0.508 e. The molecule has 5 N–H and O–H groups in total. The number of esters is 1. The second kappa shape index (κ2) is 65.2. The number of nitrogens with zero attached hydrogens (tertiary/aromatic N) is 3. The van der Waals surface area contributed by atoms with Crippen molar-refractivity contribution in [3.8, 4) is 0 Å². The van der Waals surface area contributed by atoms with Gasteiger partial charge in [0.05, 0.1) is 59.0 Å². The fourth-order valence-corrected chi connectivity index (χ4v) is 12.4. The van der Waals surface area contributed by atoms with Gasteiger partial charge in [-0.25, -0.2) is 4.79 Å². The van der Waals surface area contributed by atoms with Crippen LogP contribution in [-0.4, -0.2) is 187 Å². The Labute approximate surface area is 563 Å². The molecule has 0 rings (SSSR count). The highest BCUT2D eigenvalue weighted by Crippen LogP contribution is 2.38. The molecule has 0 fully saturated rings. The number of hydrogen-bond donors (Lipinski definition) is 5. The van der Waals surface area contributed by atoms with Crippen LogP contribution in [-0.2, 0) is 52.5 Å². The van der Waals surface area contributed by atoms with Crippen LogP contribution in [0.2, 0.25) is 0 Å². The summed E-state index contributed by atoms with van der Waals surface area (Å²) in [5.74, 6) is -7.72. The molecule has 0 amide bonds. The van der Waals surface area contributed by atoms with Crippen LogP contribution in [0.1, 0.15) is 316 Å². The topological polar surface area (TPSA) is 277 Å². The molecule has 0 heterocycles. The van der Waals surface area contributed by atoms with Crippen molar-refractivity contribution in [2.45, 2.75) is 322 Å². The summed E-state index contributed by atoms with van der Waals surface area (Å²) in [7, 11) is 0. The molecule has 20 heteroatoms. The van der Waals surface area contributed by atoms with Crippen LogP contribution in [0.25, 0.3) is 0 Å². The van der Waals surface area contributed by atoms with Crippen molar-refractivity contribution in [2.75, 3.05) is 98.6 Å². The van der Waals surface area contributed by atoms with E-state index in [-0.39, 0.29) is 71.2 Å². The second-order valence-electron chi connectivity index (χ2n) is 26.5. The molecule has 0 bridgehead atoms. The lowest BCUT2D eigenvalue weighted by Gasteiger charge is -2.34. The lowest BCUT2D eigenvalue weighted by molar-refractivity contribution is -0.154. The molecule has 93 heavy (non-hydrogen) atoms. The Bertz CT molecular complexity index is 1660. The maximum atomic E-state index is 13.3. The molecular formula is C73H137N3O17. The van der Waals surface area contributed by atoms with E-state index in [4.69, 9.17) is 23.7 Å². The Morgan fingerprint density at radius 3 is 0.849 bits per heavy atom. The Morgan fingerprint density at radius 1 is 0.323 bits per heavy atom. The number of carboxylic acids is 5. The van der Waals surface area contributed by atoms with Crippen molar-refractivity contribution < 1.29 is 82.8 Å². The van der Waals surface area contributed by atoms with Gasteiger partial charge < -0.3 is 49.2 Å². The van der Waals surface area contributed by atoms with E-state index in [1.807, 2.05) is 0 Å². The first kappa shape index (κ1) is 88.9. The summed E-state index contributed by atoms with van der Waals surface area (Å²) in [6.07, 6.45) is 57.1. The molecule has 0 aliphatic rings. The highest BCUT2D eigenvalue weighted by molar-refractivity contribution is 5.81. The van der Waals surface area contributed by atoms with Gasteiger partial charge in [-0.15, -0.1) is 0 Å². The van der Waals surface area contributed by atoms with Gasteiger partial charge in [0.2, 0.25) is 0 Å². The average molecular weight is 1330 g/mol. The van der Waals surface area contributed by atoms with E-state index in [1.54, 1.807) is 0 Å². The predicted molar refractivity (Wildman–Crippen MR) is 368 cm³/mol. The number of carboxylic acid groups (broad SMARTS) is 5. The molecule has 0 aromatic rings. The van der Waals surface area contributed by atoms with Crippen LogP contribution in [0.15, 0.2) is 0 Å². The van der Waals surface area contributed by atoms with E-state index in [9.17, 15) is 59.1 Å². The van der Waals surface area contributed by atoms with E-state index >= 15 is 0 Å². The second-order valence-corrected chi connectivity index (χ2v) is 26.5. The van der Waals surface area contributed by atoms with Gasteiger partial charge in [0, 0.05) is 31.6 Å². The number of carbonyl (C=O) groups excluding carboxylic acids is 2. The normalized spacial score (nSPS) is 12.1. The monoisotopic (exact) mass is 1330 g/mol. The summed E-state index contributed by atoms with van der Waals surface area (Å²) in [6, 6.07) is -1.58. The van der Waals surface area contributed by atoms with Gasteiger partial charge in [0.1, 0.15) is 25.9 Å². The number of hydrogen-bond acceptors (Lipinski definition) is 15. The summed E-state index contributed by atoms with van der Waals surface area (Å²) in [4.78, 5) is 87.7. The SMILES string of the molecule is CCCCCCCCCCCCCCCCC(CCCCCCCCCCCCCCCC)(CCCCCCCCCCCCCCCC)COC(=O)OCCOCCOCCOC(=O)CC(C(=O)O)N(CCN(CC(=O)O)CC(=O)O)CCN(CC(=O)O)CC(=O)O. The van der Waals surface area contributed by atoms with Gasteiger partial charge in [0.25, 0.3) is 0 Å². The minimum Gasteiger partial charge on any atom is -0.480 e. The van der Waals surface area contributed by atoms with Gasteiger partial charge in [-0.05, 0) is 19.3 Å². The zero-order chi connectivity index (χ0) is 68.5. The number of aliphatic carboxylic acids is 5. The third-order valence-electron chi connectivity index (χ3n) is 17.9. The highest BCUT2D eigenvalue weighted by atomic mass is 16.7. The molecule has 0 saturated heterocycles. The average Bonchev–Trinajstić information content (AvgIpc) is 1.48. The number of unbranched alkanes of at least 4 members (excludes halogenated alkanes) is 39. The molecule has 1 unspecified atom stereocenters. The third-order valence-corrected chi connectivity index (χ3v) is 17.9. The summed E-state index contributed by atoms with van der Waals surface area (Å²) >= 11 is 0. The lowest BCUT2D eigenvalue weighted by Crippen LogP contribution is -2.50. The summed E-state index contributed by atoms with van der Waals surface area (Å²) in [5.41, 5.74) is -0.0831. The first-order chi connectivity index (χ1) is 45.1. The van der Waals surface area contributed by atoms with Crippen LogP contribution in [0.5, 0.6) is 0 Å². The van der Waals surface area contributed by atoms with E-state index in [0.29, 0.717) is 6.61 Å². The Hall–Kier alpha value is -4.11. The van der Waals surface area contributed by atoms with Crippen molar-refractivity contribution in [1.29, 1.82) is 0 Å². The summed E-state index contributed by atoms with van der Waals surface area (Å²) < 4.78 is 28.0. The quantitative estimate of drug-likeness (QED) is 0.0279. The molecule has 20 nitrogen and oxygen atoms in total. The van der Waals surface area contributed by atoms with Crippen molar-refractivity contribution in [1.82, 2.24) is 14.7 Å². The number of ether oxygens (including phenoxy) is 5. The van der Waals surface area contributed by atoms with Gasteiger partial charge >= 0.3 is 42.0 Å². The maximum absolute atomic E-state index is 13.3. The molecule has 1 atom stereocenters. The molecule has 0 aliphatic carbocycles. The third kappa shape index (κ3) is 60.1. The van der Waals surface area contributed by atoms with E-state index in [1.165, 1.54) is 255 Å². The zero-order valence-corrected chi connectivity index (χ0v) is 59.2. The van der Waals surface area contributed by atoms with Gasteiger partial charge in [-0.1, -0.05) is 290 Å². The fourth-order valence-electron chi connectivity index (χ4n) is 12.4. The first-order valence-corrected chi connectivity index (χ1v) is 37.5. The Kier molecular flexibility index (Phi) is 62.3. The van der Waals surface area contributed by atoms with Crippen molar-refractivity contribution in [3.63, 3.8) is 0 Å². The highest BCUT2D eigenvalue weighted by Gasteiger charge is 2.32.